The first-order valence-electron chi connectivity index (χ1n) is 7.72. The lowest BCUT2D eigenvalue weighted by molar-refractivity contribution is -0.137. The molecule has 0 bridgehead atoms. The largest absolute Gasteiger partial charge is 0.481 e. The fourth-order valence-corrected chi connectivity index (χ4v) is 3.43. The van der Waals surface area contributed by atoms with E-state index in [0.717, 1.165) is 24.9 Å². The number of halogens is 3. The molecule has 3 heterocycles. The summed E-state index contributed by atoms with van der Waals surface area (Å²) in [6.07, 6.45) is 2.20. The topological polar surface area (TPSA) is 34.6 Å². The zero-order valence-electron chi connectivity index (χ0n) is 13.5. The van der Waals surface area contributed by atoms with Crippen LogP contribution in [0.15, 0.2) is 18.3 Å². The predicted molar refractivity (Wildman–Crippen MR) is 80.4 cm³/mol. The summed E-state index contributed by atoms with van der Waals surface area (Å²) in [7, 11) is 3.09. The molecule has 0 radical (unpaired) electrons. The number of hydrogen-bond donors (Lipinski definition) is 0. The fraction of sp³-hybridized carbons (Fsp3) is 0.688. The van der Waals surface area contributed by atoms with E-state index in [1.165, 1.54) is 45.9 Å². The van der Waals surface area contributed by atoms with E-state index < -0.39 is 11.7 Å². The van der Waals surface area contributed by atoms with Gasteiger partial charge < -0.3 is 9.47 Å². The third-order valence-corrected chi connectivity index (χ3v) is 4.50. The van der Waals surface area contributed by atoms with E-state index in [1.807, 2.05) is 7.11 Å². The summed E-state index contributed by atoms with van der Waals surface area (Å²) >= 11 is 0. The van der Waals surface area contributed by atoms with E-state index in [4.69, 9.17) is 4.74 Å². The van der Waals surface area contributed by atoms with Crippen molar-refractivity contribution in [1.29, 1.82) is 0 Å². The van der Waals surface area contributed by atoms with E-state index in [2.05, 4.69) is 14.6 Å². The lowest BCUT2D eigenvalue weighted by Crippen LogP contribution is -2.42. The molecule has 1 aromatic rings. The van der Waals surface area contributed by atoms with E-state index in [0.29, 0.717) is 5.54 Å². The third-order valence-electron chi connectivity index (χ3n) is 4.50. The molecule has 0 spiro atoms. The van der Waals surface area contributed by atoms with Crippen molar-refractivity contribution in [1.82, 2.24) is 9.88 Å². The predicted octanol–water partition coefficient (Wildman–Crippen LogP) is 3.37. The molecule has 2 saturated heterocycles. The van der Waals surface area contributed by atoms with E-state index in [9.17, 15) is 13.2 Å². The van der Waals surface area contributed by atoms with Crippen LogP contribution in [0.4, 0.5) is 13.2 Å². The van der Waals surface area contributed by atoms with Crippen molar-refractivity contribution in [2.45, 2.75) is 37.4 Å². The average molecular weight is 332 g/mol. The van der Waals surface area contributed by atoms with Crippen LogP contribution in [0, 0.1) is 0 Å². The summed E-state index contributed by atoms with van der Waals surface area (Å²) in [4.78, 5) is 6.17. The Kier molecular flexibility index (Phi) is 5.86. The molecule has 0 saturated carbocycles. The lowest BCUT2D eigenvalue weighted by Gasteiger charge is -2.30. The monoisotopic (exact) mass is 332 g/mol. The van der Waals surface area contributed by atoms with Gasteiger partial charge in [-0.25, -0.2) is 4.98 Å². The van der Waals surface area contributed by atoms with Gasteiger partial charge in [0, 0.05) is 24.9 Å². The van der Waals surface area contributed by atoms with Crippen LogP contribution in [0.1, 0.15) is 31.2 Å². The second-order valence-corrected chi connectivity index (χ2v) is 5.94. The zero-order valence-corrected chi connectivity index (χ0v) is 13.5. The Hall–Kier alpha value is -1.34. The van der Waals surface area contributed by atoms with Crippen molar-refractivity contribution in [3.05, 3.63) is 23.9 Å². The number of aromatic nitrogens is 1. The summed E-state index contributed by atoms with van der Waals surface area (Å²) < 4.78 is 45.9. The molecule has 0 N–H and O–H groups in total. The summed E-state index contributed by atoms with van der Waals surface area (Å²) in [5.41, 5.74) is -0.288. The molecule has 3 rings (SSSR count). The molecule has 4 nitrogen and oxygen atoms in total. The van der Waals surface area contributed by atoms with Crippen molar-refractivity contribution in [2.24, 2.45) is 0 Å². The second kappa shape index (κ2) is 7.49. The first kappa shape index (κ1) is 18.0. The number of rotatable bonds is 3. The Labute approximate surface area is 134 Å². The maximum absolute atomic E-state index is 12.0. The Morgan fingerprint density at radius 3 is 2.39 bits per heavy atom. The fourth-order valence-electron chi connectivity index (χ4n) is 3.43. The molecule has 2 aliphatic rings. The number of fused-ring (bicyclic) bond motifs is 1. The van der Waals surface area contributed by atoms with Crippen LogP contribution >= 0.6 is 0 Å². The van der Waals surface area contributed by atoms with Crippen molar-refractivity contribution in [3.8, 4) is 5.88 Å². The van der Waals surface area contributed by atoms with Crippen molar-refractivity contribution < 1.29 is 22.6 Å². The van der Waals surface area contributed by atoms with Gasteiger partial charge in [-0.15, -0.1) is 0 Å². The summed E-state index contributed by atoms with van der Waals surface area (Å²) in [5, 5.41) is 0. The molecule has 0 amide bonds. The van der Waals surface area contributed by atoms with Crippen molar-refractivity contribution in [3.63, 3.8) is 0 Å². The highest BCUT2D eigenvalue weighted by molar-refractivity contribution is 5.22. The lowest BCUT2D eigenvalue weighted by atomic mass is 9.95. The maximum Gasteiger partial charge on any atom is 0.416 e. The summed E-state index contributed by atoms with van der Waals surface area (Å²) in [5.74, 6) is -0.0372. The zero-order chi connectivity index (χ0) is 16.9. The van der Waals surface area contributed by atoms with Gasteiger partial charge in [-0.3, -0.25) is 4.90 Å². The SMILES string of the molecule is COCC12CCCN1CCC2.COc1cc(C(F)(F)F)ccn1. The highest BCUT2D eigenvalue weighted by Crippen LogP contribution is 2.38. The number of ether oxygens (including phenoxy) is 2. The van der Waals surface area contributed by atoms with Crippen LogP contribution in [0.3, 0.4) is 0 Å². The first-order valence-corrected chi connectivity index (χ1v) is 7.72. The van der Waals surface area contributed by atoms with E-state index in [-0.39, 0.29) is 5.88 Å². The Morgan fingerprint density at radius 2 is 1.87 bits per heavy atom. The van der Waals surface area contributed by atoms with Crippen LogP contribution in [-0.2, 0) is 10.9 Å². The number of alkyl halides is 3. The van der Waals surface area contributed by atoms with Crippen LogP contribution in [-0.4, -0.2) is 49.3 Å². The molecule has 7 heteroatoms. The normalized spacial score (nSPS) is 19.9. The van der Waals surface area contributed by atoms with Gasteiger partial charge in [-0.1, -0.05) is 0 Å². The van der Waals surface area contributed by atoms with Gasteiger partial charge in [-0.05, 0) is 44.8 Å². The molecule has 0 aromatic carbocycles. The molecule has 0 atom stereocenters. The number of pyridine rings is 1. The maximum atomic E-state index is 12.0. The van der Waals surface area contributed by atoms with E-state index in [1.54, 1.807) is 0 Å². The summed E-state index contributed by atoms with van der Waals surface area (Å²) in [6, 6.07) is 1.74. The highest BCUT2D eigenvalue weighted by atomic mass is 19.4. The van der Waals surface area contributed by atoms with Gasteiger partial charge >= 0.3 is 6.18 Å². The standard InChI is InChI=1S/C9H17NO.C7H6F3NO/c1-11-8-9-4-2-6-10(9)7-3-5-9;1-12-6-4-5(2-3-11-6)7(8,9)10/h2-8H2,1H3;2-4H,1H3. The molecular formula is C16H23F3N2O2. The first-order chi connectivity index (χ1) is 10.9. The molecule has 130 valence electrons. The van der Waals surface area contributed by atoms with Crippen LogP contribution < -0.4 is 4.74 Å². The minimum atomic E-state index is -4.34. The second-order valence-electron chi connectivity index (χ2n) is 5.94. The number of nitrogens with zero attached hydrogens (tertiary/aromatic N) is 2. The molecule has 0 aliphatic carbocycles. The molecule has 2 aliphatic heterocycles. The smallest absolute Gasteiger partial charge is 0.416 e. The highest BCUT2D eigenvalue weighted by Gasteiger charge is 2.43. The van der Waals surface area contributed by atoms with Crippen molar-refractivity contribution >= 4 is 0 Å². The Balaban J connectivity index is 0.000000167. The quantitative estimate of drug-likeness (QED) is 0.850. The van der Waals surface area contributed by atoms with E-state index >= 15 is 0 Å². The number of hydrogen-bond acceptors (Lipinski definition) is 4. The molecular weight excluding hydrogens is 309 g/mol. The average Bonchev–Trinajstić information content (AvgIpc) is 3.07. The molecule has 1 aromatic heterocycles. The number of methoxy groups -OCH3 is 2. The Morgan fingerprint density at radius 1 is 1.22 bits per heavy atom. The third kappa shape index (κ3) is 4.35. The van der Waals surface area contributed by atoms with Gasteiger partial charge in [0.2, 0.25) is 5.88 Å². The van der Waals surface area contributed by atoms with Gasteiger partial charge in [0.15, 0.2) is 0 Å². The van der Waals surface area contributed by atoms with Gasteiger partial charge in [-0.2, -0.15) is 13.2 Å². The minimum Gasteiger partial charge on any atom is -0.481 e. The minimum absolute atomic E-state index is 0.0372. The van der Waals surface area contributed by atoms with Crippen LogP contribution in [0.2, 0.25) is 0 Å². The van der Waals surface area contributed by atoms with Gasteiger partial charge in [0.1, 0.15) is 0 Å². The molecule has 23 heavy (non-hydrogen) atoms. The van der Waals surface area contributed by atoms with Gasteiger partial charge in [0.05, 0.1) is 19.3 Å². The van der Waals surface area contributed by atoms with Crippen molar-refractivity contribution in [2.75, 3.05) is 33.9 Å². The molecule has 0 unspecified atom stereocenters. The Bertz CT molecular complexity index is 498. The van der Waals surface area contributed by atoms with Crippen LogP contribution in [0.5, 0.6) is 5.88 Å². The van der Waals surface area contributed by atoms with Crippen LogP contribution in [0.25, 0.3) is 0 Å². The molecule has 2 fully saturated rings. The summed E-state index contributed by atoms with van der Waals surface area (Å²) in [6.45, 7) is 3.57. The van der Waals surface area contributed by atoms with Gasteiger partial charge in [0.25, 0.3) is 0 Å².